The molecule has 0 aromatic heterocycles. The fourth-order valence-electron chi connectivity index (χ4n) is 4.10. The average Bonchev–Trinajstić information content (AvgIpc) is 3.25. The highest BCUT2D eigenvalue weighted by atomic mass is 16.5. The second kappa shape index (κ2) is 13.6. The van der Waals surface area contributed by atoms with E-state index in [0.29, 0.717) is 5.56 Å². The van der Waals surface area contributed by atoms with Gasteiger partial charge in [0, 0.05) is 12.3 Å². The fraction of sp³-hybridized carbons (Fsp3) is 0.214. The molecule has 0 fully saturated rings. The summed E-state index contributed by atoms with van der Waals surface area (Å²) in [5, 5.41) is 31.3. The Morgan fingerprint density at radius 1 is 0.872 bits per heavy atom. The van der Waals surface area contributed by atoms with Crippen molar-refractivity contribution in [1.29, 1.82) is 0 Å². The number of phenols is 1. The molecule has 7 N–H and O–H groups in total. The summed E-state index contributed by atoms with van der Waals surface area (Å²) < 4.78 is 5.42. The van der Waals surface area contributed by atoms with Gasteiger partial charge in [-0.2, -0.15) is 0 Å². The number of aromatic hydroxyl groups is 1. The van der Waals surface area contributed by atoms with Crippen LogP contribution in [0.15, 0.2) is 72.8 Å². The minimum absolute atomic E-state index is 0.0831. The van der Waals surface area contributed by atoms with E-state index < -0.39 is 30.0 Å². The number of nitrogens with two attached hydrogens (primary N) is 1. The number of fused-ring (bicyclic) bond motifs is 3. The molecule has 0 unspecified atom stereocenters. The molecule has 1 aliphatic rings. The van der Waals surface area contributed by atoms with Crippen LogP contribution in [0, 0.1) is 0 Å². The van der Waals surface area contributed by atoms with E-state index in [4.69, 9.17) is 15.6 Å². The Morgan fingerprint density at radius 3 is 1.95 bits per heavy atom. The molecule has 0 spiro atoms. The number of rotatable bonds is 9. The van der Waals surface area contributed by atoms with Gasteiger partial charge in [0.2, 0.25) is 5.91 Å². The van der Waals surface area contributed by atoms with Gasteiger partial charge in [-0.3, -0.25) is 9.59 Å². The van der Waals surface area contributed by atoms with Crippen LogP contribution in [0.25, 0.3) is 11.1 Å². The number of amides is 2. The first-order chi connectivity index (χ1) is 18.7. The molecule has 0 bridgehead atoms. The lowest BCUT2D eigenvalue weighted by atomic mass is 9.98. The van der Waals surface area contributed by atoms with Crippen molar-refractivity contribution in [2.75, 3.05) is 19.7 Å². The Labute approximate surface area is 224 Å². The van der Waals surface area contributed by atoms with E-state index in [9.17, 15) is 29.4 Å². The first kappa shape index (κ1) is 28.7. The van der Waals surface area contributed by atoms with Crippen LogP contribution >= 0.6 is 0 Å². The number of hydrogen-bond acceptors (Lipinski definition) is 7. The van der Waals surface area contributed by atoms with Gasteiger partial charge in [0.25, 0.3) is 0 Å². The van der Waals surface area contributed by atoms with Crippen molar-refractivity contribution in [1.82, 2.24) is 10.6 Å². The predicted molar refractivity (Wildman–Crippen MR) is 141 cm³/mol. The largest absolute Gasteiger partial charge is 0.508 e. The maximum atomic E-state index is 12.3. The van der Waals surface area contributed by atoms with Crippen molar-refractivity contribution < 1.29 is 39.2 Å². The van der Waals surface area contributed by atoms with E-state index in [2.05, 4.69) is 10.6 Å². The monoisotopic (exact) mass is 535 g/mol. The van der Waals surface area contributed by atoms with E-state index in [1.165, 1.54) is 12.1 Å². The summed E-state index contributed by atoms with van der Waals surface area (Å²) in [6.45, 7) is -0.422. The SMILES string of the molecule is NCC(=O)NCC(=O)O.O=C(N[C@@H](Cc1ccc(O)cc1)C(=O)O)OCC1c2ccccc2-c2ccccc21. The lowest BCUT2D eigenvalue weighted by molar-refractivity contribution is -0.139. The van der Waals surface area contributed by atoms with Crippen molar-refractivity contribution in [2.24, 2.45) is 5.73 Å². The van der Waals surface area contributed by atoms with Gasteiger partial charge in [-0.25, -0.2) is 9.59 Å². The molecule has 11 nitrogen and oxygen atoms in total. The second-order valence-corrected chi connectivity index (χ2v) is 8.61. The standard InChI is InChI=1S/C24H21NO5.C4H8N2O3/c26-16-11-9-15(10-12-16)13-22(23(27)28)25-24(29)30-14-21-19-7-3-1-5-17(19)18-6-2-4-8-20(18)21;5-1-3(7)6-2-4(8)9/h1-12,21-22,26H,13-14H2,(H,25,29)(H,27,28);1-2,5H2,(H,6,7)(H,8,9)/t22-;/m0./s1. The number of aliphatic carboxylic acids is 2. The highest BCUT2D eigenvalue weighted by Crippen LogP contribution is 2.44. The molecule has 1 aliphatic carbocycles. The quantitative estimate of drug-likeness (QED) is 0.238. The molecule has 0 saturated carbocycles. The van der Waals surface area contributed by atoms with E-state index in [1.54, 1.807) is 12.1 Å². The Hall–Kier alpha value is -4.90. The van der Waals surface area contributed by atoms with Gasteiger partial charge in [-0.15, -0.1) is 0 Å². The first-order valence-electron chi connectivity index (χ1n) is 12.0. The number of benzene rings is 3. The lowest BCUT2D eigenvalue weighted by Gasteiger charge is -2.17. The number of carboxylic acid groups (broad SMARTS) is 2. The van der Waals surface area contributed by atoms with Crippen molar-refractivity contribution in [3.8, 4) is 16.9 Å². The molecule has 3 aromatic carbocycles. The van der Waals surface area contributed by atoms with Gasteiger partial charge >= 0.3 is 18.0 Å². The first-order valence-corrected chi connectivity index (χ1v) is 12.0. The normalized spacial score (nSPS) is 12.1. The third kappa shape index (κ3) is 8.04. The molecule has 11 heteroatoms. The Morgan fingerprint density at radius 2 is 1.44 bits per heavy atom. The third-order valence-corrected chi connectivity index (χ3v) is 5.93. The van der Waals surface area contributed by atoms with Crippen molar-refractivity contribution in [3.63, 3.8) is 0 Å². The van der Waals surface area contributed by atoms with E-state index in [-0.39, 0.29) is 37.8 Å². The van der Waals surface area contributed by atoms with Crippen molar-refractivity contribution >= 4 is 23.9 Å². The number of carboxylic acids is 2. The molecule has 0 radical (unpaired) electrons. The van der Waals surface area contributed by atoms with Gasteiger partial charge in [0.15, 0.2) is 0 Å². The maximum absolute atomic E-state index is 12.3. The Bertz CT molecular complexity index is 1280. The van der Waals surface area contributed by atoms with Crippen LogP contribution in [-0.2, 0) is 25.5 Å². The number of ether oxygens (including phenoxy) is 1. The van der Waals surface area contributed by atoms with Gasteiger partial charge in [0.05, 0.1) is 6.54 Å². The molecule has 4 rings (SSSR count). The van der Waals surface area contributed by atoms with Gasteiger partial charge in [-0.1, -0.05) is 60.7 Å². The molecule has 0 aliphatic heterocycles. The van der Waals surface area contributed by atoms with Crippen molar-refractivity contribution in [2.45, 2.75) is 18.4 Å². The molecular formula is C28H29N3O8. The average molecular weight is 536 g/mol. The van der Waals surface area contributed by atoms with E-state index in [1.807, 2.05) is 48.5 Å². The van der Waals surface area contributed by atoms with Crippen LogP contribution in [0.4, 0.5) is 4.79 Å². The molecular weight excluding hydrogens is 506 g/mol. The summed E-state index contributed by atoms with van der Waals surface area (Å²) >= 11 is 0. The summed E-state index contributed by atoms with van der Waals surface area (Å²) in [4.78, 5) is 43.9. The molecule has 204 valence electrons. The summed E-state index contributed by atoms with van der Waals surface area (Å²) in [6, 6.07) is 21.0. The maximum Gasteiger partial charge on any atom is 0.407 e. The van der Waals surface area contributed by atoms with Crippen LogP contribution in [0.2, 0.25) is 0 Å². The molecule has 0 heterocycles. The third-order valence-electron chi connectivity index (χ3n) is 5.93. The van der Waals surface area contributed by atoms with Crippen LogP contribution in [0.5, 0.6) is 5.75 Å². The van der Waals surface area contributed by atoms with Crippen LogP contribution < -0.4 is 16.4 Å². The lowest BCUT2D eigenvalue weighted by Crippen LogP contribution is -2.42. The second-order valence-electron chi connectivity index (χ2n) is 8.61. The Kier molecular flexibility index (Phi) is 9.99. The highest BCUT2D eigenvalue weighted by molar-refractivity contribution is 5.82. The zero-order chi connectivity index (χ0) is 28.4. The predicted octanol–water partition coefficient (Wildman–Crippen LogP) is 2.07. The fourth-order valence-corrected chi connectivity index (χ4v) is 4.10. The van der Waals surface area contributed by atoms with Crippen LogP contribution in [0.1, 0.15) is 22.6 Å². The highest BCUT2D eigenvalue weighted by Gasteiger charge is 2.29. The van der Waals surface area contributed by atoms with Crippen molar-refractivity contribution in [3.05, 3.63) is 89.5 Å². The number of carbonyl (C=O) groups is 4. The number of carbonyl (C=O) groups excluding carboxylic acids is 2. The van der Waals surface area contributed by atoms with Gasteiger partial charge in [-0.05, 0) is 39.9 Å². The Balaban J connectivity index is 0.000000403. The minimum atomic E-state index is -1.16. The molecule has 39 heavy (non-hydrogen) atoms. The molecule has 2 amide bonds. The topological polar surface area (TPSA) is 188 Å². The van der Waals surface area contributed by atoms with Gasteiger partial charge in [0.1, 0.15) is 24.9 Å². The van der Waals surface area contributed by atoms with E-state index in [0.717, 1.165) is 22.3 Å². The van der Waals surface area contributed by atoms with Crippen LogP contribution in [-0.4, -0.2) is 65.0 Å². The summed E-state index contributed by atoms with van der Waals surface area (Å²) in [7, 11) is 0. The number of nitrogens with one attached hydrogen (secondary N) is 2. The minimum Gasteiger partial charge on any atom is -0.508 e. The summed E-state index contributed by atoms with van der Waals surface area (Å²) in [6.07, 6.45) is -0.692. The number of phenolic OH excluding ortho intramolecular Hbond substituents is 1. The smallest absolute Gasteiger partial charge is 0.407 e. The summed E-state index contributed by atoms with van der Waals surface area (Å²) in [5.74, 6) is -2.69. The zero-order valence-electron chi connectivity index (χ0n) is 20.9. The summed E-state index contributed by atoms with van der Waals surface area (Å²) in [5.41, 5.74) is 9.96. The number of alkyl carbamates (subject to hydrolysis) is 1. The molecule has 0 saturated heterocycles. The zero-order valence-corrected chi connectivity index (χ0v) is 20.9. The van der Waals surface area contributed by atoms with Crippen LogP contribution in [0.3, 0.4) is 0 Å². The van der Waals surface area contributed by atoms with E-state index >= 15 is 0 Å². The molecule has 3 aromatic rings. The molecule has 1 atom stereocenters. The number of hydrogen-bond donors (Lipinski definition) is 6. The van der Waals surface area contributed by atoms with Gasteiger partial charge < -0.3 is 36.4 Å².